The number of nitrogens with zero attached hydrogens (tertiary/aromatic N) is 2. The van der Waals surface area contributed by atoms with E-state index in [0.717, 1.165) is 16.6 Å². The quantitative estimate of drug-likeness (QED) is 0.867. The molecule has 0 fully saturated rings. The van der Waals surface area contributed by atoms with Crippen molar-refractivity contribution in [3.63, 3.8) is 0 Å². The van der Waals surface area contributed by atoms with Crippen molar-refractivity contribution < 1.29 is 9.84 Å². The predicted octanol–water partition coefficient (Wildman–Crippen LogP) is 2.21. The van der Waals surface area contributed by atoms with E-state index in [0.29, 0.717) is 12.2 Å². The van der Waals surface area contributed by atoms with Crippen LogP contribution < -0.4 is 10.1 Å². The minimum Gasteiger partial charge on any atom is -0.497 e. The molecule has 0 aliphatic heterocycles. The van der Waals surface area contributed by atoms with Gasteiger partial charge in [-0.3, -0.25) is 0 Å². The maximum atomic E-state index is 9.25. The van der Waals surface area contributed by atoms with E-state index in [1.807, 2.05) is 24.3 Å². The van der Waals surface area contributed by atoms with Crippen molar-refractivity contribution in [2.45, 2.75) is 19.4 Å². The van der Waals surface area contributed by atoms with Gasteiger partial charge in [0.2, 0.25) is 5.13 Å². The molecule has 2 aromatic rings. The lowest BCUT2D eigenvalue weighted by atomic mass is 10.3. The number of aliphatic hydroxyl groups is 1. The third-order valence-electron chi connectivity index (χ3n) is 2.29. The Morgan fingerprint density at radius 2 is 2.11 bits per heavy atom. The van der Waals surface area contributed by atoms with Crippen molar-refractivity contribution in [3.05, 3.63) is 30.1 Å². The minimum atomic E-state index is -0.423. The molecule has 0 amide bonds. The minimum absolute atomic E-state index is 0.423. The number of ether oxygens (including phenoxy) is 1. The van der Waals surface area contributed by atoms with Crippen LogP contribution in [-0.4, -0.2) is 27.7 Å². The molecule has 1 atom stereocenters. The number of hydrogen-bond donors (Lipinski definition) is 2. The molecule has 0 saturated carbocycles. The van der Waals surface area contributed by atoms with Crippen molar-refractivity contribution >= 4 is 22.4 Å². The smallest absolute Gasteiger partial charge is 0.207 e. The first-order valence-corrected chi connectivity index (χ1v) is 6.36. The van der Waals surface area contributed by atoms with E-state index < -0.39 is 6.10 Å². The summed E-state index contributed by atoms with van der Waals surface area (Å²) in [4.78, 5) is 4.29. The lowest BCUT2D eigenvalue weighted by Gasteiger charge is -2.03. The molecule has 18 heavy (non-hydrogen) atoms. The topological polar surface area (TPSA) is 67.3 Å². The largest absolute Gasteiger partial charge is 0.497 e. The molecule has 1 heterocycles. The Morgan fingerprint density at radius 3 is 2.72 bits per heavy atom. The van der Waals surface area contributed by atoms with Gasteiger partial charge in [0.15, 0.2) is 0 Å². The fourth-order valence-electron chi connectivity index (χ4n) is 1.45. The first-order chi connectivity index (χ1) is 8.67. The van der Waals surface area contributed by atoms with Gasteiger partial charge >= 0.3 is 0 Å². The molecule has 96 valence electrons. The zero-order valence-corrected chi connectivity index (χ0v) is 11.1. The van der Waals surface area contributed by atoms with E-state index in [2.05, 4.69) is 14.7 Å². The number of benzene rings is 1. The van der Waals surface area contributed by atoms with Gasteiger partial charge in [-0.2, -0.15) is 4.37 Å². The Labute approximate surface area is 110 Å². The summed E-state index contributed by atoms with van der Waals surface area (Å²) in [5, 5.41) is 13.1. The Morgan fingerprint density at radius 1 is 1.39 bits per heavy atom. The van der Waals surface area contributed by atoms with Crippen LogP contribution in [0.4, 0.5) is 10.8 Å². The third kappa shape index (κ3) is 3.41. The molecule has 0 bridgehead atoms. The highest BCUT2D eigenvalue weighted by molar-refractivity contribution is 7.09. The molecule has 1 unspecified atom stereocenters. The fraction of sp³-hybridized carbons (Fsp3) is 0.333. The molecule has 2 N–H and O–H groups in total. The van der Waals surface area contributed by atoms with Crippen molar-refractivity contribution in [1.82, 2.24) is 9.36 Å². The van der Waals surface area contributed by atoms with Crippen LogP contribution in [0, 0.1) is 0 Å². The number of anilines is 2. The predicted molar refractivity (Wildman–Crippen MR) is 71.6 cm³/mol. The summed E-state index contributed by atoms with van der Waals surface area (Å²) < 4.78 is 9.26. The van der Waals surface area contributed by atoms with Gasteiger partial charge in [0.05, 0.1) is 13.2 Å². The number of hydrogen-bond acceptors (Lipinski definition) is 6. The number of nitrogens with one attached hydrogen (secondary N) is 1. The highest BCUT2D eigenvalue weighted by atomic mass is 32.1. The maximum absolute atomic E-state index is 9.25. The van der Waals surface area contributed by atoms with Crippen LogP contribution in [-0.2, 0) is 6.42 Å². The van der Waals surface area contributed by atoms with Gasteiger partial charge in [-0.05, 0) is 31.2 Å². The molecule has 0 radical (unpaired) electrons. The Hall–Kier alpha value is -1.66. The molecule has 1 aromatic heterocycles. The second-order valence-corrected chi connectivity index (χ2v) is 4.67. The van der Waals surface area contributed by atoms with Crippen LogP contribution >= 0.6 is 11.5 Å². The summed E-state index contributed by atoms with van der Waals surface area (Å²) in [6.07, 6.45) is 0.0503. The summed E-state index contributed by atoms with van der Waals surface area (Å²) in [6.45, 7) is 1.72. The fourth-order valence-corrected chi connectivity index (χ4v) is 2.07. The van der Waals surface area contributed by atoms with Crippen LogP contribution in [0.5, 0.6) is 5.75 Å². The number of aliphatic hydroxyl groups excluding tert-OH is 1. The van der Waals surface area contributed by atoms with E-state index >= 15 is 0 Å². The number of aromatic nitrogens is 2. The molecule has 0 spiro atoms. The second-order valence-electron chi connectivity index (χ2n) is 3.92. The molecule has 1 aromatic carbocycles. The third-order valence-corrected chi connectivity index (χ3v) is 2.96. The molecule has 0 saturated heterocycles. The normalized spacial score (nSPS) is 12.2. The van der Waals surface area contributed by atoms with E-state index in [-0.39, 0.29) is 0 Å². The van der Waals surface area contributed by atoms with E-state index in [9.17, 15) is 5.11 Å². The second kappa shape index (κ2) is 5.79. The first-order valence-electron chi connectivity index (χ1n) is 5.59. The molecule has 2 rings (SSSR count). The Bertz CT molecular complexity index is 496. The standard InChI is InChI=1S/C12H15N3O2S/c1-8(16)7-11-14-12(18-15-11)13-9-3-5-10(17-2)6-4-9/h3-6,8,16H,7H2,1-2H3,(H,13,14,15). The highest BCUT2D eigenvalue weighted by Gasteiger charge is 2.07. The molecular weight excluding hydrogens is 250 g/mol. The van der Waals surface area contributed by atoms with Crippen LogP contribution in [0.1, 0.15) is 12.7 Å². The summed E-state index contributed by atoms with van der Waals surface area (Å²) in [7, 11) is 1.63. The van der Waals surface area contributed by atoms with Crippen molar-refractivity contribution in [3.8, 4) is 5.75 Å². The Balaban J connectivity index is 2.01. The zero-order valence-electron chi connectivity index (χ0n) is 10.3. The van der Waals surface area contributed by atoms with Crippen molar-refractivity contribution in [2.24, 2.45) is 0 Å². The average Bonchev–Trinajstić information content (AvgIpc) is 2.76. The monoisotopic (exact) mass is 265 g/mol. The summed E-state index contributed by atoms with van der Waals surface area (Å²) >= 11 is 1.28. The van der Waals surface area contributed by atoms with E-state index in [1.165, 1.54) is 11.5 Å². The molecule has 6 heteroatoms. The lowest BCUT2D eigenvalue weighted by Crippen LogP contribution is -2.05. The molecule has 0 aliphatic carbocycles. The van der Waals surface area contributed by atoms with Gasteiger partial charge < -0.3 is 15.2 Å². The molecular formula is C12H15N3O2S. The molecule has 5 nitrogen and oxygen atoms in total. The summed E-state index contributed by atoms with van der Waals surface area (Å²) in [5.41, 5.74) is 0.926. The van der Waals surface area contributed by atoms with Gasteiger partial charge in [-0.15, -0.1) is 0 Å². The van der Waals surface area contributed by atoms with E-state index in [1.54, 1.807) is 14.0 Å². The Kier molecular flexibility index (Phi) is 4.11. The average molecular weight is 265 g/mol. The SMILES string of the molecule is COc1ccc(Nc2nc(CC(C)O)ns2)cc1. The van der Waals surface area contributed by atoms with Crippen molar-refractivity contribution in [2.75, 3.05) is 12.4 Å². The van der Waals surface area contributed by atoms with Crippen LogP contribution in [0.15, 0.2) is 24.3 Å². The lowest BCUT2D eigenvalue weighted by molar-refractivity contribution is 0.193. The number of methoxy groups -OCH3 is 1. The van der Waals surface area contributed by atoms with E-state index in [4.69, 9.17) is 4.74 Å². The van der Waals surface area contributed by atoms with Crippen molar-refractivity contribution in [1.29, 1.82) is 0 Å². The van der Waals surface area contributed by atoms with Gasteiger partial charge in [-0.25, -0.2) is 4.98 Å². The summed E-state index contributed by atoms with van der Waals surface area (Å²) in [6, 6.07) is 7.57. The van der Waals surface area contributed by atoms with Crippen LogP contribution in [0.3, 0.4) is 0 Å². The van der Waals surface area contributed by atoms with Crippen LogP contribution in [0.25, 0.3) is 0 Å². The molecule has 0 aliphatic rings. The number of rotatable bonds is 5. The zero-order chi connectivity index (χ0) is 13.0. The first kappa shape index (κ1) is 12.8. The van der Waals surface area contributed by atoms with Gasteiger partial charge in [0.1, 0.15) is 11.6 Å². The van der Waals surface area contributed by atoms with Gasteiger partial charge in [0.25, 0.3) is 0 Å². The van der Waals surface area contributed by atoms with Crippen LogP contribution in [0.2, 0.25) is 0 Å². The van der Waals surface area contributed by atoms with Gasteiger partial charge in [-0.1, -0.05) is 0 Å². The highest BCUT2D eigenvalue weighted by Crippen LogP contribution is 2.21. The maximum Gasteiger partial charge on any atom is 0.207 e. The summed E-state index contributed by atoms with van der Waals surface area (Å²) in [5.74, 6) is 1.47. The van der Waals surface area contributed by atoms with Gasteiger partial charge in [0, 0.05) is 23.6 Å².